The second-order valence-corrected chi connectivity index (χ2v) is 7.40. The van der Waals surface area contributed by atoms with E-state index in [2.05, 4.69) is 10.6 Å². The maximum atomic E-state index is 11.5. The number of nitrogens with one attached hydrogen (secondary N) is 2. The fraction of sp³-hybridized carbons (Fsp3) is 0.200. The van der Waals surface area contributed by atoms with Crippen molar-refractivity contribution in [2.45, 2.75) is 14.4 Å². The van der Waals surface area contributed by atoms with Gasteiger partial charge in [0.25, 0.3) is 11.8 Å². The Bertz CT molecular complexity index is 896. The zero-order valence-corrected chi connectivity index (χ0v) is 21.2. The van der Waals surface area contributed by atoms with Crippen LogP contribution in [0.4, 0.5) is 0 Å². The molecule has 0 aliphatic carbocycles. The summed E-state index contributed by atoms with van der Waals surface area (Å²) in [6.45, 7) is 0.920. The first-order valence-electron chi connectivity index (χ1n) is 8.19. The summed E-state index contributed by atoms with van der Waals surface area (Å²) in [5, 5.41) is 14.3. The molecule has 0 aliphatic rings. The van der Waals surface area contributed by atoms with Gasteiger partial charge in [-0.25, -0.2) is 0 Å². The molecule has 0 fully saturated rings. The zero-order valence-electron chi connectivity index (χ0n) is 15.9. The van der Waals surface area contributed by atoms with E-state index in [1.165, 1.54) is 37.3 Å². The van der Waals surface area contributed by atoms with Crippen LogP contribution >= 0.6 is 70.4 Å². The van der Waals surface area contributed by atoms with Gasteiger partial charge in [-0.05, 0) is 43.3 Å². The third-order valence-corrected chi connectivity index (χ3v) is 4.37. The largest absolute Gasteiger partial charge is 0.480 e. The Balaban J connectivity index is 0. The zero-order chi connectivity index (χ0) is 22.8. The molecular formula is C20H21Cl4IN2O5. The lowest BCUT2D eigenvalue weighted by molar-refractivity contribution is -0.135. The molecule has 7 nitrogen and oxygen atoms in total. The molecule has 2 amide bonds. The van der Waals surface area contributed by atoms with Gasteiger partial charge in [0.15, 0.2) is 0 Å². The Morgan fingerprint density at radius 1 is 0.781 bits per heavy atom. The smallest absolute Gasteiger partial charge is 0.322 e. The molecule has 2 aromatic rings. The van der Waals surface area contributed by atoms with Crippen LogP contribution in [0.25, 0.3) is 0 Å². The van der Waals surface area contributed by atoms with E-state index in [9.17, 15) is 19.2 Å². The summed E-state index contributed by atoms with van der Waals surface area (Å²) in [5.74, 6) is -2.22. The van der Waals surface area contributed by atoms with E-state index < -0.39 is 24.3 Å². The molecule has 176 valence electrons. The van der Waals surface area contributed by atoms with E-state index >= 15 is 0 Å². The van der Waals surface area contributed by atoms with Gasteiger partial charge < -0.3 is 15.7 Å². The topological polar surface area (TPSA) is 113 Å². The van der Waals surface area contributed by atoms with E-state index in [-0.39, 0.29) is 59.9 Å². The van der Waals surface area contributed by atoms with Gasteiger partial charge in [-0.1, -0.05) is 53.8 Å². The number of amides is 2. The first-order valence-corrected chi connectivity index (χ1v) is 9.70. The molecule has 0 unspecified atom stereocenters. The standard InChI is InChI=1S/C10H9Cl2NO2.C9H7Cl2NO3.CH4.HI/c1-6(14)5-13-10(15)8-4-7(11)2-3-9(8)12;10-5-1-2-7(11)6(3-5)9(15)12-4-8(13)14;;/h2-4H,5H2,1H3,(H,13,15);1-3H,4H2,(H,12,15)(H,13,14);1H4;1H. The predicted octanol–water partition coefficient (Wildman–Crippen LogP) is 5.37. The molecule has 0 bridgehead atoms. The molecule has 32 heavy (non-hydrogen) atoms. The van der Waals surface area contributed by atoms with Crippen LogP contribution in [0.1, 0.15) is 35.1 Å². The van der Waals surface area contributed by atoms with Crippen molar-refractivity contribution in [1.82, 2.24) is 10.6 Å². The molecule has 0 saturated heterocycles. The number of hydrogen-bond acceptors (Lipinski definition) is 4. The van der Waals surface area contributed by atoms with Crippen LogP contribution in [-0.2, 0) is 9.59 Å². The lowest BCUT2D eigenvalue weighted by atomic mass is 10.2. The van der Waals surface area contributed by atoms with Crippen LogP contribution in [0.2, 0.25) is 20.1 Å². The highest BCUT2D eigenvalue weighted by molar-refractivity contribution is 14.0. The van der Waals surface area contributed by atoms with Crippen molar-refractivity contribution in [3.8, 4) is 0 Å². The number of hydrogen-bond donors (Lipinski definition) is 3. The fourth-order valence-electron chi connectivity index (χ4n) is 1.89. The number of carbonyl (C=O) groups is 4. The van der Waals surface area contributed by atoms with Crippen molar-refractivity contribution in [3.63, 3.8) is 0 Å². The number of halogens is 5. The van der Waals surface area contributed by atoms with Gasteiger partial charge in [-0.15, -0.1) is 24.0 Å². The van der Waals surface area contributed by atoms with E-state index in [1.807, 2.05) is 0 Å². The van der Waals surface area contributed by atoms with Gasteiger partial charge >= 0.3 is 5.97 Å². The molecular weight excluding hydrogens is 617 g/mol. The number of aliphatic carboxylic acids is 1. The second kappa shape index (κ2) is 16.1. The minimum atomic E-state index is -1.12. The average molecular weight is 638 g/mol. The number of benzene rings is 2. The van der Waals surface area contributed by atoms with Gasteiger partial charge in [0, 0.05) is 10.0 Å². The van der Waals surface area contributed by atoms with Crippen LogP contribution in [0.15, 0.2) is 36.4 Å². The highest BCUT2D eigenvalue weighted by Gasteiger charge is 2.12. The third kappa shape index (κ3) is 11.9. The molecule has 0 aromatic heterocycles. The Kier molecular flexibility index (Phi) is 16.4. The molecule has 0 heterocycles. The van der Waals surface area contributed by atoms with Crippen LogP contribution in [0.5, 0.6) is 0 Å². The van der Waals surface area contributed by atoms with Crippen LogP contribution in [-0.4, -0.2) is 41.8 Å². The highest BCUT2D eigenvalue weighted by atomic mass is 127. The first-order chi connectivity index (χ1) is 14.0. The maximum Gasteiger partial charge on any atom is 0.322 e. The number of carbonyl (C=O) groups excluding carboxylic acids is 3. The monoisotopic (exact) mass is 636 g/mol. The van der Waals surface area contributed by atoms with Gasteiger partial charge in [0.1, 0.15) is 12.3 Å². The number of carboxylic acids is 1. The molecule has 0 atom stereocenters. The fourth-order valence-corrected chi connectivity index (χ4v) is 2.65. The van der Waals surface area contributed by atoms with E-state index in [0.29, 0.717) is 15.1 Å². The summed E-state index contributed by atoms with van der Waals surface area (Å²) in [6.07, 6.45) is 0. The second-order valence-electron chi connectivity index (χ2n) is 5.71. The molecule has 0 spiro atoms. The van der Waals surface area contributed by atoms with Crippen molar-refractivity contribution in [1.29, 1.82) is 0 Å². The van der Waals surface area contributed by atoms with Crippen molar-refractivity contribution in [2.24, 2.45) is 0 Å². The molecule has 2 rings (SSSR count). The molecule has 3 N–H and O–H groups in total. The van der Waals surface area contributed by atoms with Crippen LogP contribution < -0.4 is 10.6 Å². The maximum absolute atomic E-state index is 11.5. The summed E-state index contributed by atoms with van der Waals surface area (Å²) in [5.41, 5.74) is 0.427. The summed E-state index contributed by atoms with van der Waals surface area (Å²) >= 11 is 22.9. The van der Waals surface area contributed by atoms with Crippen molar-refractivity contribution < 1.29 is 24.3 Å². The van der Waals surface area contributed by atoms with Crippen molar-refractivity contribution >= 4 is 93.9 Å². The normalized spacial score (nSPS) is 9.16. The third-order valence-electron chi connectivity index (χ3n) is 3.24. The Morgan fingerprint density at radius 2 is 1.16 bits per heavy atom. The molecule has 12 heteroatoms. The Labute approximate surface area is 222 Å². The summed E-state index contributed by atoms with van der Waals surface area (Å²) in [6, 6.07) is 8.97. The minimum Gasteiger partial charge on any atom is -0.480 e. The predicted molar refractivity (Wildman–Crippen MR) is 138 cm³/mol. The van der Waals surface area contributed by atoms with E-state index in [4.69, 9.17) is 51.5 Å². The van der Waals surface area contributed by atoms with Crippen LogP contribution in [0.3, 0.4) is 0 Å². The highest BCUT2D eigenvalue weighted by Crippen LogP contribution is 2.21. The van der Waals surface area contributed by atoms with Gasteiger partial charge in [-0.3, -0.25) is 19.2 Å². The van der Waals surface area contributed by atoms with Crippen molar-refractivity contribution in [2.75, 3.05) is 13.1 Å². The molecule has 0 radical (unpaired) electrons. The minimum absolute atomic E-state index is 0. The lowest BCUT2D eigenvalue weighted by Gasteiger charge is -2.05. The number of Topliss-reactive ketones (excluding diaryl/α,β-unsaturated/α-hetero) is 1. The van der Waals surface area contributed by atoms with E-state index in [0.717, 1.165) is 0 Å². The number of ketones is 1. The molecule has 2 aromatic carbocycles. The van der Waals surface area contributed by atoms with Gasteiger partial charge in [0.05, 0.1) is 27.7 Å². The molecule has 0 aliphatic heterocycles. The molecule has 0 saturated carbocycles. The lowest BCUT2D eigenvalue weighted by Crippen LogP contribution is -2.29. The Hall–Kier alpha value is -1.59. The van der Waals surface area contributed by atoms with Crippen LogP contribution in [0, 0.1) is 0 Å². The number of carboxylic acid groups (broad SMARTS) is 1. The SMILES string of the molecule is C.CC(=O)CNC(=O)c1cc(Cl)ccc1Cl.I.O=C(O)CNC(=O)c1cc(Cl)ccc1Cl. The number of rotatable bonds is 6. The summed E-state index contributed by atoms with van der Waals surface area (Å²) < 4.78 is 0. The average Bonchev–Trinajstić information content (AvgIpc) is 2.68. The van der Waals surface area contributed by atoms with Gasteiger partial charge in [0.2, 0.25) is 0 Å². The Morgan fingerprint density at radius 3 is 1.50 bits per heavy atom. The summed E-state index contributed by atoms with van der Waals surface area (Å²) in [4.78, 5) is 43.8. The van der Waals surface area contributed by atoms with Crippen molar-refractivity contribution in [3.05, 3.63) is 67.6 Å². The quantitative estimate of drug-likeness (QED) is 0.369. The van der Waals surface area contributed by atoms with Gasteiger partial charge in [-0.2, -0.15) is 0 Å². The summed E-state index contributed by atoms with van der Waals surface area (Å²) in [7, 11) is 0. The van der Waals surface area contributed by atoms with E-state index in [1.54, 1.807) is 6.07 Å². The first kappa shape index (κ1) is 32.6.